The summed E-state index contributed by atoms with van der Waals surface area (Å²) >= 11 is 0. The van der Waals surface area contributed by atoms with Gasteiger partial charge in [0.2, 0.25) is 0 Å². The maximum atomic E-state index is 11.1. The fraction of sp³-hybridized carbons (Fsp3) is 0.462. The SMILES string of the molecule is Cc1cc(C)c(C)c(C(CO)C(=O)O)c1C. The summed E-state index contributed by atoms with van der Waals surface area (Å²) in [6.07, 6.45) is 0. The standard InChI is InChI=1S/C13H18O3/c1-7-5-8(2)10(4)12(9(7)3)11(6-14)13(15)16/h5,11,14H,6H2,1-4H3,(H,15,16). The van der Waals surface area contributed by atoms with Gasteiger partial charge in [0, 0.05) is 0 Å². The Morgan fingerprint density at radius 3 is 1.94 bits per heavy atom. The van der Waals surface area contributed by atoms with Gasteiger partial charge < -0.3 is 10.2 Å². The van der Waals surface area contributed by atoms with E-state index in [2.05, 4.69) is 0 Å². The van der Waals surface area contributed by atoms with Gasteiger partial charge in [-0.25, -0.2) is 0 Å². The van der Waals surface area contributed by atoms with Gasteiger partial charge in [-0.2, -0.15) is 0 Å². The van der Waals surface area contributed by atoms with Gasteiger partial charge in [0.05, 0.1) is 6.61 Å². The molecule has 2 N–H and O–H groups in total. The summed E-state index contributed by atoms with van der Waals surface area (Å²) < 4.78 is 0. The first kappa shape index (κ1) is 12.7. The molecule has 16 heavy (non-hydrogen) atoms. The average molecular weight is 222 g/mol. The first-order valence-corrected chi connectivity index (χ1v) is 5.31. The van der Waals surface area contributed by atoms with Crippen LogP contribution in [0.4, 0.5) is 0 Å². The molecule has 0 spiro atoms. The molecule has 0 saturated heterocycles. The third-order valence-corrected chi connectivity index (χ3v) is 3.25. The van der Waals surface area contributed by atoms with E-state index in [-0.39, 0.29) is 6.61 Å². The Kier molecular flexibility index (Phi) is 3.70. The van der Waals surface area contributed by atoms with Crippen molar-refractivity contribution in [3.63, 3.8) is 0 Å². The van der Waals surface area contributed by atoms with E-state index in [1.54, 1.807) is 0 Å². The second-order valence-electron chi connectivity index (χ2n) is 4.25. The van der Waals surface area contributed by atoms with Crippen LogP contribution in [0.3, 0.4) is 0 Å². The first-order valence-electron chi connectivity index (χ1n) is 5.31. The minimum atomic E-state index is -0.973. The summed E-state index contributed by atoms with van der Waals surface area (Å²) in [5.41, 5.74) is 4.82. The lowest BCUT2D eigenvalue weighted by Crippen LogP contribution is -2.19. The molecule has 0 aliphatic heterocycles. The summed E-state index contributed by atoms with van der Waals surface area (Å²) in [5, 5.41) is 18.3. The smallest absolute Gasteiger partial charge is 0.313 e. The van der Waals surface area contributed by atoms with Gasteiger partial charge in [0.1, 0.15) is 5.92 Å². The maximum absolute atomic E-state index is 11.1. The Bertz CT molecular complexity index is 395. The molecule has 0 heterocycles. The molecule has 0 aliphatic carbocycles. The second kappa shape index (κ2) is 4.66. The first-order chi connectivity index (χ1) is 7.40. The van der Waals surface area contributed by atoms with Crippen LogP contribution in [0, 0.1) is 27.7 Å². The maximum Gasteiger partial charge on any atom is 0.313 e. The Balaban J connectivity index is 3.47. The monoisotopic (exact) mass is 222 g/mol. The number of benzene rings is 1. The second-order valence-corrected chi connectivity index (χ2v) is 4.25. The fourth-order valence-corrected chi connectivity index (χ4v) is 2.06. The van der Waals surface area contributed by atoms with Gasteiger partial charge in [-0.1, -0.05) is 6.07 Å². The molecule has 0 bridgehead atoms. The highest BCUT2D eigenvalue weighted by Gasteiger charge is 2.24. The molecular formula is C13H18O3. The Morgan fingerprint density at radius 1 is 1.19 bits per heavy atom. The lowest BCUT2D eigenvalue weighted by Gasteiger charge is -2.19. The van der Waals surface area contributed by atoms with Crippen molar-refractivity contribution in [2.45, 2.75) is 33.6 Å². The molecule has 1 aromatic carbocycles. The molecule has 1 unspecified atom stereocenters. The number of aliphatic hydroxyl groups excluding tert-OH is 1. The Labute approximate surface area is 95.7 Å². The van der Waals surface area contributed by atoms with Gasteiger partial charge in [0.15, 0.2) is 0 Å². The third kappa shape index (κ3) is 2.09. The van der Waals surface area contributed by atoms with Crippen molar-refractivity contribution in [2.24, 2.45) is 0 Å². The largest absolute Gasteiger partial charge is 0.481 e. The summed E-state index contributed by atoms with van der Waals surface area (Å²) in [5.74, 6) is -1.79. The van der Waals surface area contributed by atoms with Crippen molar-refractivity contribution in [1.29, 1.82) is 0 Å². The predicted octanol–water partition coefficient (Wildman–Crippen LogP) is 2.08. The van der Waals surface area contributed by atoms with Crippen LogP contribution >= 0.6 is 0 Å². The fourth-order valence-electron chi connectivity index (χ4n) is 2.06. The molecule has 1 rings (SSSR count). The van der Waals surface area contributed by atoms with E-state index in [1.165, 1.54) is 0 Å². The quantitative estimate of drug-likeness (QED) is 0.823. The third-order valence-electron chi connectivity index (χ3n) is 3.25. The van der Waals surface area contributed by atoms with Crippen LogP contribution in [0.1, 0.15) is 33.7 Å². The van der Waals surface area contributed by atoms with Crippen molar-refractivity contribution < 1.29 is 15.0 Å². The highest BCUT2D eigenvalue weighted by Crippen LogP contribution is 2.28. The molecule has 0 aliphatic rings. The number of carboxylic acids is 1. The van der Waals surface area contributed by atoms with Gasteiger partial charge in [0.25, 0.3) is 0 Å². The zero-order valence-corrected chi connectivity index (χ0v) is 10.2. The molecule has 3 heteroatoms. The minimum absolute atomic E-state index is 0.361. The summed E-state index contributed by atoms with van der Waals surface area (Å²) in [6, 6.07) is 2.05. The summed E-state index contributed by atoms with van der Waals surface area (Å²) in [6.45, 7) is 7.37. The van der Waals surface area contributed by atoms with Crippen molar-refractivity contribution in [2.75, 3.05) is 6.61 Å². The van der Waals surface area contributed by atoms with Crippen LogP contribution in [0.25, 0.3) is 0 Å². The predicted molar refractivity (Wildman–Crippen MR) is 62.9 cm³/mol. The number of hydrogen-bond donors (Lipinski definition) is 2. The molecule has 0 radical (unpaired) electrons. The van der Waals surface area contributed by atoms with E-state index in [9.17, 15) is 9.90 Å². The number of aliphatic hydroxyl groups is 1. The molecule has 0 saturated carbocycles. The molecule has 0 aromatic heterocycles. The van der Waals surface area contributed by atoms with E-state index < -0.39 is 11.9 Å². The topological polar surface area (TPSA) is 57.5 Å². The van der Waals surface area contributed by atoms with Crippen LogP contribution < -0.4 is 0 Å². The van der Waals surface area contributed by atoms with Crippen molar-refractivity contribution in [3.05, 3.63) is 33.9 Å². The average Bonchev–Trinajstić information content (AvgIpc) is 2.21. The molecular weight excluding hydrogens is 204 g/mol. The number of carboxylic acid groups (broad SMARTS) is 1. The number of aryl methyl sites for hydroxylation is 2. The normalized spacial score (nSPS) is 12.6. The summed E-state index contributed by atoms with van der Waals surface area (Å²) in [4.78, 5) is 11.1. The molecule has 1 aromatic rings. The van der Waals surface area contributed by atoms with Crippen LogP contribution in [0.15, 0.2) is 6.07 Å². The van der Waals surface area contributed by atoms with Crippen molar-refractivity contribution >= 4 is 5.97 Å². The van der Waals surface area contributed by atoms with Crippen LogP contribution in [0.5, 0.6) is 0 Å². The molecule has 0 amide bonds. The van der Waals surface area contributed by atoms with Gasteiger partial charge >= 0.3 is 5.97 Å². The van der Waals surface area contributed by atoms with E-state index in [0.717, 1.165) is 27.8 Å². The van der Waals surface area contributed by atoms with E-state index >= 15 is 0 Å². The van der Waals surface area contributed by atoms with Crippen LogP contribution in [0.2, 0.25) is 0 Å². The minimum Gasteiger partial charge on any atom is -0.481 e. The van der Waals surface area contributed by atoms with E-state index in [1.807, 2.05) is 33.8 Å². The van der Waals surface area contributed by atoms with Crippen molar-refractivity contribution in [3.8, 4) is 0 Å². The zero-order valence-electron chi connectivity index (χ0n) is 10.2. The lowest BCUT2D eigenvalue weighted by molar-refractivity contribution is -0.139. The summed E-state index contributed by atoms with van der Waals surface area (Å²) in [7, 11) is 0. The van der Waals surface area contributed by atoms with Gasteiger partial charge in [-0.3, -0.25) is 4.79 Å². The number of carbonyl (C=O) groups is 1. The number of aliphatic carboxylic acids is 1. The molecule has 0 fully saturated rings. The van der Waals surface area contributed by atoms with Crippen LogP contribution in [-0.2, 0) is 4.79 Å². The van der Waals surface area contributed by atoms with E-state index in [0.29, 0.717) is 0 Å². The Morgan fingerprint density at radius 2 is 1.62 bits per heavy atom. The molecule has 1 atom stereocenters. The van der Waals surface area contributed by atoms with Gasteiger partial charge in [-0.05, 0) is 55.5 Å². The number of hydrogen-bond acceptors (Lipinski definition) is 2. The highest BCUT2D eigenvalue weighted by molar-refractivity contribution is 5.78. The Hall–Kier alpha value is -1.35. The molecule has 88 valence electrons. The van der Waals surface area contributed by atoms with Crippen molar-refractivity contribution in [1.82, 2.24) is 0 Å². The highest BCUT2D eigenvalue weighted by atomic mass is 16.4. The van der Waals surface area contributed by atoms with Gasteiger partial charge in [-0.15, -0.1) is 0 Å². The van der Waals surface area contributed by atoms with Crippen LogP contribution in [-0.4, -0.2) is 22.8 Å². The molecule has 3 nitrogen and oxygen atoms in total. The number of rotatable bonds is 3. The zero-order chi connectivity index (χ0) is 12.5. The lowest BCUT2D eigenvalue weighted by atomic mass is 9.86. The van der Waals surface area contributed by atoms with E-state index in [4.69, 9.17) is 5.11 Å².